The summed E-state index contributed by atoms with van der Waals surface area (Å²) in [6.07, 6.45) is 6.06. The van der Waals surface area contributed by atoms with Crippen molar-refractivity contribution in [2.24, 2.45) is 17.3 Å². The molecule has 0 aromatic heterocycles. The minimum absolute atomic E-state index is 0.148. The van der Waals surface area contributed by atoms with Gasteiger partial charge in [0.2, 0.25) is 5.78 Å². The minimum atomic E-state index is -0.148. The molecule has 2 aliphatic rings. The van der Waals surface area contributed by atoms with E-state index in [1.165, 1.54) is 5.57 Å². The summed E-state index contributed by atoms with van der Waals surface area (Å²) >= 11 is 0. The Kier molecular flexibility index (Phi) is 5.58. The van der Waals surface area contributed by atoms with Gasteiger partial charge in [-0.3, -0.25) is 9.59 Å². The quantitative estimate of drug-likeness (QED) is 0.342. The maximum atomic E-state index is 11.0. The lowest BCUT2D eigenvalue weighted by molar-refractivity contribution is -0.120. The predicted octanol–water partition coefficient (Wildman–Crippen LogP) is 3.22. The van der Waals surface area contributed by atoms with E-state index < -0.39 is 0 Å². The average Bonchev–Trinajstić information content (AvgIpc) is 2.67. The third-order valence-electron chi connectivity index (χ3n) is 4.24. The van der Waals surface area contributed by atoms with Crippen LogP contribution < -0.4 is 0 Å². The summed E-state index contributed by atoms with van der Waals surface area (Å²) in [6.45, 7) is 8.37. The molecule has 0 N–H and O–H groups in total. The molecule has 4 heteroatoms. The van der Waals surface area contributed by atoms with Gasteiger partial charge < -0.3 is 5.53 Å². The molecule has 4 nitrogen and oxygen atoms in total. The number of carbonyl (C=O) groups is 2. The van der Waals surface area contributed by atoms with E-state index >= 15 is 0 Å². The van der Waals surface area contributed by atoms with E-state index in [4.69, 9.17) is 5.53 Å². The first-order valence-corrected chi connectivity index (χ1v) is 7.17. The fourth-order valence-electron chi connectivity index (χ4n) is 3.01. The summed E-state index contributed by atoms with van der Waals surface area (Å²) in [5.41, 5.74) is 9.56. The first-order chi connectivity index (χ1) is 9.30. The number of hydrogen-bond acceptors (Lipinski definition) is 2. The topological polar surface area (TPSA) is 70.5 Å². The van der Waals surface area contributed by atoms with Crippen LogP contribution in [0.3, 0.4) is 0 Å². The molecule has 110 valence electrons. The molecule has 20 heavy (non-hydrogen) atoms. The van der Waals surface area contributed by atoms with Crippen LogP contribution in [0, 0.1) is 17.3 Å². The zero-order valence-corrected chi connectivity index (χ0v) is 12.8. The summed E-state index contributed by atoms with van der Waals surface area (Å²) in [7, 11) is 0. The molecule has 0 aliphatic heterocycles. The molecule has 0 heterocycles. The van der Waals surface area contributed by atoms with Gasteiger partial charge in [0.25, 0.3) is 0 Å². The van der Waals surface area contributed by atoms with Gasteiger partial charge in [0.1, 0.15) is 5.78 Å². The normalized spacial score (nSPS) is 24.7. The van der Waals surface area contributed by atoms with Crippen LogP contribution in [0.25, 0.3) is 5.53 Å². The van der Waals surface area contributed by atoms with E-state index in [-0.39, 0.29) is 5.78 Å². The summed E-state index contributed by atoms with van der Waals surface area (Å²) in [5.74, 6) is 1.58. The third-order valence-corrected chi connectivity index (χ3v) is 4.24. The zero-order valence-electron chi connectivity index (χ0n) is 12.8. The summed E-state index contributed by atoms with van der Waals surface area (Å²) < 4.78 is 0. The highest BCUT2D eigenvalue weighted by Gasteiger charge is 2.63. The lowest BCUT2D eigenvalue weighted by atomic mass is 10.0. The van der Waals surface area contributed by atoms with Gasteiger partial charge in [-0.15, -0.1) is 0 Å². The van der Waals surface area contributed by atoms with Crippen LogP contribution >= 0.6 is 0 Å². The Balaban J connectivity index is 0.000000202. The molecule has 2 rings (SSSR count). The molecule has 2 unspecified atom stereocenters. The van der Waals surface area contributed by atoms with Gasteiger partial charge in [-0.25, -0.2) is 0 Å². The van der Waals surface area contributed by atoms with E-state index in [2.05, 4.69) is 18.6 Å². The van der Waals surface area contributed by atoms with Crippen molar-refractivity contribution in [3.8, 4) is 0 Å². The average molecular weight is 276 g/mol. The second-order valence-corrected chi connectivity index (χ2v) is 6.44. The van der Waals surface area contributed by atoms with Gasteiger partial charge in [-0.2, -0.15) is 4.79 Å². The van der Waals surface area contributed by atoms with Gasteiger partial charge in [0.05, 0.1) is 0 Å². The standard InChI is InChI=1S/C8H12N2O.C8H12O/c1-7(2)4-3-5-8(11)6-10-9;1-8(2)5-3-4-6(9)7(5)8/h4,6H,3,5H2,1-2H3;5,7H,3-4H2,1-2H3. The van der Waals surface area contributed by atoms with Gasteiger partial charge in [-0.05, 0) is 38.0 Å². The molecule has 0 spiro atoms. The van der Waals surface area contributed by atoms with Crippen molar-refractivity contribution in [2.45, 2.75) is 53.4 Å². The summed E-state index contributed by atoms with van der Waals surface area (Å²) in [4.78, 5) is 24.4. The Morgan fingerprint density at radius 2 is 2.10 bits per heavy atom. The number of hydrogen-bond donors (Lipinski definition) is 0. The van der Waals surface area contributed by atoms with Crippen molar-refractivity contribution in [3.63, 3.8) is 0 Å². The first kappa shape index (κ1) is 16.5. The highest BCUT2D eigenvalue weighted by atomic mass is 16.1. The van der Waals surface area contributed by atoms with Crippen LogP contribution in [0.15, 0.2) is 11.6 Å². The summed E-state index contributed by atoms with van der Waals surface area (Å²) in [5, 5.41) is 0. The summed E-state index contributed by atoms with van der Waals surface area (Å²) in [6, 6.07) is 0. The number of rotatable bonds is 4. The van der Waals surface area contributed by atoms with Gasteiger partial charge in [-0.1, -0.05) is 25.5 Å². The van der Waals surface area contributed by atoms with Crippen molar-refractivity contribution in [1.82, 2.24) is 0 Å². The van der Waals surface area contributed by atoms with Crippen molar-refractivity contribution in [3.05, 3.63) is 17.2 Å². The molecule has 0 aromatic carbocycles. The van der Waals surface area contributed by atoms with Crippen molar-refractivity contribution in [1.29, 1.82) is 0 Å². The van der Waals surface area contributed by atoms with Crippen molar-refractivity contribution < 1.29 is 14.4 Å². The Bertz CT molecular complexity index is 467. The van der Waals surface area contributed by atoms with Gasteiger partial charge >= 0.3 is 6.21 Å². The molecule has 2 aliphatic carbocycles. The number of ketones is 2. The van der Waals surface area contributed by atoms with Crippen LogP contribution in [-0.2, 0) is 9.59 Å². The van der Waals surface area contributed by atoms with E-state index in [9.17, 15) is 9.59 Å². The Morgan fingerprint density at radius 1 is 1.45 bits per heavy atom. The molecular formula is C16H24N2O2. The molecule has 2 fully saturated rings. The van der Waals surface area contributed by atoms with E-state index in [0.717, 1.165) is 25.0 Å². The number of fused-ring (bicyclic) bond motifs is 1. The van der Waals surface area contributed by atoms with Crippen LogP contribution in [0.5, 0.6) is 0 Å². The second kappa shape index (κ2) is 6.76. The molecule has 2 saturated carbocycles. The molecular weight excluding hydrogens is 252 g/mol. The monoisotopic (exact) mass is 276 g/mol. The van der Waals surface area contributed by atoms with E-state index in [1.807, 2.05) is 19.9 Å². The number of carbonyl (C=O) groups excluding carboxylic acids is 2. The molecule has 0 amide bonds. The van der Waals surface area contributed by atoms with E-state index in [1.54, 1.807) is 0 Å². The van der Waals surface area contributed by atoms with Crippen LogP contribution in [-0.4, -0.2) is 22.6 Å². The minimum Gasteiger partial charge on any atom is -0.361 e. The predicted molar refractivity (Wildman–Crippen MR) is 78.4 cm³/mol. The third kappa shape index (κ3) is 4.24. The number of allylic oxidation sites excluding steroid dienone is 2. The molecule has 0 saturated heterocycles. The SMILES string of the molecule is CC(C)=CCCC(=O)C=[N+]=[N-].CC1(C)C2CCC(=O)C21. The van der Waals surface area contributed by atoms with Crippen LogP contribution in [0.4, 0.5) is 0 Å². The molecule has 0 aromatic rings. The fraction of sp³-hybridized carbons (Fsp3) is 0.688. The smallest absolute Gasteiger partial charge is 0.323 e. The Hall–Kier alpha value is -1.54. The number of nitrogens with zero attached hydrogens (tertiary/aromatic N) is 2. The first-order valence-electron chi connectivity index (χ1n) is 7.17. The van der Waals surface area contributed by atoms with Gasteiger partial charge in [0.15, 0.2) is 0 Å². The van der Waals surface area contributed by atoms with Crippen molar-refractivity contribution in [2.75, 3.05) is 0 Å². The van der Waals surface area contributed by atoms with Crippen LogP contribution in [0.1, 0.15) is 53.4 Å². The van der Waals surface area contributed by atoms with Crippen molar-refractivity contribution >= 4 is 17.8 Å². The maximum Gasteiger partial charge on any atom is 0.323 e. The molecule has 0 bridgehead atoms. The van der Waals surface area contributed by atoms with Crippen LogP contribution in [0.2, 0.25) is 0 Å². The van der Waals surface area contributed by atoms with Gasteiger partial charge in [0, 0.05) is 18.8 Å². The molecule has 2 atom stereocenters. The maximum absolute atomic E-state index is 11.0. The lowest BCUT2D eigenvalue weighted by Gasteiger charge is -2.04. The lowest BCUT2D eigenvalue weighted by Crippen LogP contribution is -2.04. The molecule has 0 radical (unpaired) electrons. The Labute approximate surface area is 120 Å². The zero-order chi connectivity index (χ0) is 15.3. The van der Waals surface area contributed by atoms with E-state index in [0.29, 0.717) is 30.0 Å². The highest BCUT2D eigenvalue weighted by molar-refractivity contribution is 6.25. The largest absolute Gasteiger partial charge is 0.361 e. The number of Topliss-reactive ketones (excluding diaryl/α,β-unsaturated/α-hetero) is 2. The second-order valence-electron chi connectivity index (χ2n) is 6.44. The fourth-order valence-corrected chi connectivity index (χ4v) is 3.01. The highest BCUT2D eigenvalue weighted by Crippen LogP contribution is 2.64. The Morgan fingerprint density at radius 3 is 2.45 bits per heavy atom.